The molecule has 4 rings (SSSR count). The maximum absolute atomic E-state index is 12.6. The topological polar surface area (TPSA) is 81.4 Å². The van der Waals surface area contributed by atoms with Gasteiger partial charge in [-0.1, -0.05) is 41.6 Å². The van der Waals surface area contributed by atoms with Gasteiger partial charge < -0.3 is 10.2 Å². The third kappa shape index (κ3) is 3.19. The summed E-state index contributed by atoms with van der Waals surface area (Å²) in [7, 11) is 0. The van der Waals surface area contributed by atoms with E-state index < -0.39 is 6.10 Å². The van der Waals surface area contributed by atoms with E-state index in [1.807, 2.05) is 55.5 Å². The molecule has 7 heteroatoms. The van der Waals surface area contributed by atoms with Crippen molar-refractivity contribution in [1.29, 1.82) is 0 Å². The Bertz CT molecular complexity index is 951. The first-order valence-electron chi connectivity index (χ1n) is 8.28. The number of carbonyl (C=O) groups excluding carboxylic acids is 1. The summed E-state index contributed by atoms with van der Waals surface area (Å²) in [6.07, 6.45) is 1.43. The molecule has 1 aliphatic heterocycles. The van der Waals surface area contributed by atoms with Gasteiger partial charge in [0.2, 0.25) is 6.10 Å². The average molecular weight is 347 g/mol. The Balaban J connectivity index is 1.49. The molecule has 1 aromatic carbocycles. The van der Waals surface area contributed by atoms with Gasteiger partial charge in [-0.25, -0.2) is 4.98 Å². The minimum atomic E-state index is -0.669. The van der Waals surface area contributed by atoms with Gasteiger partial charge in [0.1, 0.15) is 5.82 Å². The molecule has 0 saturated heterocycles. The van der Waals surface area contributed by atoms with Gasteiger partial charge in [-0.2, -0.15) is 9.78 Å². The van der Waals surface area contributed by atoms with Crippen LogP contribution in [-0.4, -0.2) is 32.5 Å². The van der Waals surface area contributed by atoms with E-state index in [1.165, 1.54) is 0 Å². The van der Waals surface area contributed by atoms with Crippen molar-refractivity contribution in [1.82, 2.24) is 14.8 Å². The second-order valence-electron chi connectivity index (χ2n) is 5.96. The summed E-state index contributed by atoms with van der Waals surface area (Å²) in [5, 5.41) is 11.3. The van der Waals surface area contributed by atoms with Gasteiger partial charge in [-0.3, -0.25) is 4.79 Å². The minimum absolute atomic E-state index is 0.267. The van der Waals surface area contributed by atoms with E-state index in [2.05, 4.69) is 20.6 Å². The van der Waals surface area contributed by atoms with Crippen molar-refractivity contribution in [3.8, 4) is 5.82 Å². The second-order valence-corrected chi connectivity index (χ2v) is 5.96. The van der Waals surface area contributed by atoms with Gasteiger partial charge >= 0.3 is 0 Å². The number of hydrogen-bond acceptors (Lipinski definition) is 5. The van der Waals surface area contributed by atoms with Crippen LogP contribution < -0.4 is 5.32 Å². The molecule has 1 unspecified atom stereocenters. The standard InChI is InChI=1S/C19H17N5O2/c1-13-11-18(24(22-13)17-9-5-6-10-20-17)21-19(25)16-12-15(23-26-16)14-7-3-2-4-8-14/h2-11,16H,12H2,1H3,(H,21,25). The van der Waals surface area contributed by atoms with Crippen molar-refractivity contribution >= 4 is 17.4 Å². The summed E-state index contributed by atoms with van der Waals surface area (Å²) in [4.78, 5) is 22.2. The summed E-state index contributed by atoms with van der Waals surface area (Å²) >= 11 is 0. The molecule has 1 N–H and O–H groups in total. The summed E-state index contributed by atoms with van der Waals surface area (Å²) in [6.45, 7) is 1.86. The highest BCUT2D eigenvalue weighted by Gasteiger charge is 2.29. The maximum Gasteiger partial charge on any atom is 0.269 e. The first kappa shape index (κ1) is 16.0. The minimum Gasteiger partial charge on any atom is -0.382 e. The number of nitrogens with zero attached hydrogens (tertiary/aromatic N) is 4. The molecule has 0 saturated carbocycles. The van der Waals surface area contributed by atoms with Crippen LogP contribution in [0.25, 0.3) is 5.82 Å². The third-order valence-corrected chi connectivity index (χ3v) is 4.02. The molecule has 0 spiro atoms. The van der Waals surface area contributed by atoms with Crippen molar-refractivity contribution in [3.63, 3.8) is 0 Å². The van der Waals surface area contributed by atoms with Crippen LogP contribution in [0.4, 0.5) is 5.82 Å². The Labute approximate surface area is 150 Å². The Morgan fingerprint density at radius 3 is 2.77 bits per heavy atom. The van der Waals surface area contributed by atoms with Crippen LogP contribution in [0.15, 0.2) is 65.9 Å². The molecule has 1 atom stereocenters. The van der Waals surface area contributed by atoms with Crippen molar-refractivity contribution in [2.75, 3.05) is 5.32 Å². The van der Waals surface area contributed by atoms with Gasteiger partial charge in [0.25, 0.3) is 5.91 Å². The van der Waals surface area contributed by atoms with Crippen LogP contribution in [0, 0.1) is 6.92 Å². The van der Waals surface area contributed by atoms with E-state index in [9.17, 15) is 4.79 Å². The molecule has 2 aromatic heterocycles. The van der Waals surface area contributed by atoms with Crippen LogP contribution in [0.3, 0.4) is 0 Å². The number of hydrogen-bond donors (Lipinski definition) is 1. The quantitative estimate of drug-likeness (QED) is 0.787. The van der Waals surface area contributed by atoms with E-state index in [1.54, 1.807) is 16.9 Å². The lowest BCUT2D eigenvalue weighted by Crippen LogP contribution is -2.29. The van der Waals surface area contributed by atoms with Crippen LogP contribution in [0.2, 0.25) is 0 Å². The number of aryl methyl sites for hydroxylation is 1. The van der Waals surface area contributed by atoms with E-state index in [4.69, 9.17) is 4.84 Å². The summed E-state index contributed by atoms with van der Waals surface area (Å²) in [5.74, 6) is 0.907. The molecule has 26 heavy (non-hydrogen) atoms. The van der Waals surface area contributed by atoms with E-state index in [0.29, 0.717) is 18.1 Å². The Morgan fingerprint density at radius 2 is 2.00 bits per heavy atom. The highest BCUT2D eigenvalue weighted by Crippen LogP contribution is 2.20. The van der Waals surface area contributed by atoms with Crippen molar-refractivity contribution < 1.29 is 9.63 Å². The van der Waals surface area contributed by atoms with Crippen LogP contribution >= 0.6 is 0 Å². The lowest BCUT2D eigenvalue weighted by Gasteiger charge is -2.11. The fourth-order valence-electron chi connectivity index (χ4n) is 2.77. The van der Waals surface area contributed by atoms with E-state index in [-0.39, 0.29) is 5.91 Å². The number of rotatable bonds is 4. The third-order valence-electron chi connectivity index (χ3n) is 4.02. The van der Waals surface area contributed by atoms with Gasteiger partial charge in [0.15, 0.2) is 5.82 Å². The molecule has 0 fully saturated rings. The number of oxime groups is 1. The van der Waals surface area contributed by atoms with Crippen molar-refractivity contribution in [2.24, 2.45) is 5.16 Å². The maximum atomic E-state index is 12.6. The van der Waals surface area contributed by atoms with E-state index >= 15 is 0 Å². The monoisotopic (exact) mass is 347 g/mol. The predicted molar refractivity (Wildman–Crippen MR) is 97.2 cm³/mol. The highest BCUT2D eigenvalue weighted by atomic mass is 16.6. The zero-order chi connectivity index (χ0) is 17.9. The number of benzene rings is 1. The van der Waals surface area contributed by atoms with Crippen LogP contribution in [-0.2, 0) is 9.63 Å². The SMILES string of the molecule is Cc1cc(NC(=O)C2CC(c3ccccc3)=NO2)n(-c2ccccn2)n1. The Kier molecular flexibility index (Phi) is 4.18. The lowest BCUT2D eigenvalue weighted by atomic mass is 10.0. The lowest BCUT2D eigenvalue weighted by molar-refractivity contribution is -0.125. The molecule has 1 amide bonds. The molecule has 0 aliphatic carbocycles. The predicted octanol–water partition coefficient (Wildman–Crippen LogP) is 2.71. The molecule has 3 heterocycles. The smallest absolute Gasteiger partial charge is 0.269 e. The zero-order valence-corrected chi connectivity index (χ0v) is 14.2. The fraction of sp³-hybridized carbons (Fsp3) is 0.158. The molecule has 130 valence electrons. The summed E-state index contributed by atoms with van der Waals surface area (Å²) in [5.41, 5.74) is 2.50. The summed E-state index contributed by atoms with van der Waals surface area (Å²) < 4.78 is 1.60. The van der Waals surface area contributed by atoms with Gasteiger partial charge in [-0.05, 0) is 24.6 Å². The fourth-order valence-corrected chi connectivity index (χ4v) is 2.77. The number of anilines is 1. The zero-order valence-electron chi connectivity index (χ0n) is 14.2. The van der Waals surface area contributed by atoms with Gasteiger partial charge in [0, 0.05) is 18.7 Å². The number of pyridine rings is 1. The molecule has 0 bridgehead atoms. The largest absolute Gasteiger partial charge is 0.382 e. The van der Waals surface area contributed by atoms with Crippen LogP contribution in [0.5, 0.6) is 0 Å². The Hall–Kier alpha value is -3.48. The molecule has 7 nitrogen and oxygen atoms in total. The number of amides is 1. The molecule has 0 radical (unpaired) electrons. The Morgan fingerprint density at radius 1 is 1.19 bits per heavy atom. The van der Waals surface area contributed by atoms with Gasteiger partial charge in [0.05, 0.1) is 11.4 Å². The first-order chi connectivity index (χ1) is 12.7. The van der Waals surface area contributed by atoms with Gasteiger partial charge in [-0.15, -0.1) is 0 Å². The van der Waals surface area contributed by atoms with Crippen LogP contribution in [0.1, 0.15) is 17.7 Å². The molecule has 1 aliphatic rings. The normalized spacial score (nSPS) is 16.0. The average Bonchev–Trinajstić information content (AvgIpc) is 3.30. The molecule has 3 aromatic rings. The highest BCUT2D eigenvalue weighted by molar-refractivity contribution is 6.06. The number of carbonyl (C=O) groups is 1. The molecular formula is C19H17N5O2. The number of nitrogens with one attached hydrogen (secondary N) is 1. The number of aromatic nitrogens is 3. The summed E-state index contributed by atoms with van der Waals surface area (Å²) in [6, 6.07) is 17.0. The molecular weight excluding hydrogens is 330 g/mol. The second kappa shape index (κ2) is 6.79. The first-order valence-corrected chi connectivity index (χ1v) is 8.28. The van der Waals surface area contributed by atoms with Crippen molar-refractivity contribution in [3.05, 3.63) is 72.1 Å². The van der Waals surface area contributed by atoms with Crippen molar-refractivity contribution in [2.45, 2.75) is 19.4 Å². The van der Waals surface area contributed by atoms with E-state index in [0.717, 1.165) is 17.0 Å².